The number of nitrogens with two attached hydrogens (primary N) is 1. The Morgan fingerprint density at radius 3 is 2.29 bits per heavy atom. The molecular formula is C62H87N13O9S. The number of hydrogen-bond donors (Lipinski definition) is 5. The molecule has 9 rings (SSSR count). The number of nitrogens with one attached hydrogen (secondary N) is 4. The number of aromatic nitrogens is 5. The molecule has 0 radical (unpaired) electrons. The molecule has 2 aliphatic carbocycles. The number of amides is 4. The molecule has 1 saturated carbocycles. The molecule has 2 unspecified atom stereocenters. The summed E-state index contributed by atoms with van der Waals surface area (Å²) >= 11 is 0. The summed E-state index contributed by atoms with van der Waals surface area (Å²) in [5, 5.41) is 17.8. The number of carbonyl (C=O) groups is 4. The number of fused-ring (bicyclic) bond motifs is 2. The van der Waals surface area contributed by atoms with E-state index in [0.717, 1.165) is 107 Å². The van der Waals surface area contributed by atoms with Gasteiger partial charge in [-0.2, -0.15) is 5.10 Å². The second-order valence-electron chi connectivity index (χ2n) is 25.4. The Kier molecular flexibility index (Phi) is 19.4. The average Bonchev–Trinajstić information content (AvgIpc) is 3.19. The molecule has 2 saturated heterocycles. The number of likely N-dealkylation sites (tertiary alicyclic amines) is 1. The van der Waals surface area contributed by atoms with Gasteiger partial charge in [-0.05, 0) is 143 Å². The number of primary amides is 1. The monoisotopic (exact) mass is 1190 g/mol. The first kappa shape index (κ1) is 62.6. The molecule has 5 heterocycles. The van der Waals surface area contributed by atoms with Gasteiger partial charge in [0.05, 0.1) is 23.0 Å². The van der Waals surface area contributed by atoms with Crippen LogP contribution in [0.5, 0.6) is 5.75 Å². The van der Waals surface area contributed by atoms with Crippen LogP contribution in [-0.2, 0) is 46.5 Å². The van der Waals surface area contributed by atoms with Crippen molar-refractivity contribution in [1.29, 1.82) is 0 Å². The first-order valence-corrected chi connectivity index (χ1v) is 31.6. The normalized spacial score (nSPS) is 20.1. The van der Waals surface area contributed by atoms with Crippen LogP contribution in [0.25, 0.3) is 10.9 Å². The summed E-state index contributed by atoms with van der Waals surface area (Å²) in [6.07, 6.45) is 9.45. The lowest BCUT2D eigenvalue weighted by Crippen LogP contribution is -2.58. The molecule has 2 aromatic carbocycles. The minimum absolute atomic E-state index is 0.0791. The second-order valence-corrected chi connectivity index (χ2v) is 28.1. The van der Waals surface area contributed by atoms with Gasteiger partial charge in [-0.15, -0.1) is 0 Å². The summed E-state index contributed by atoms with van der Waals surface area (Å²) in [6.45, 7) is 20.0. The number of aromatic amines is 1. The summed E-state index contributed by atoms with van der Waals surface area (Å²) in [5.74, 6) is 0.433. The zero-order chi connectivity index (χ0) is 61.0. The first-order valence-electron chi connectivity index (χ1n) is 30.1. The fourth-order valence-electron chi connectivity index (χ4n) is 11.8. The van der Waals surface area contributed by atoms with Crippen LogP contribution in [0.1, 0.15) is 134 Å². The van der Waals surface area contributed by atoms with E-state index in [4.69, 9.17) is 24.9 Å². The van der Waals surface area contributed by atoms with Gasteiger partial charge in [-0.1, -0.05) is 43.5 Å². The number of carbonyl (C=O) groups excluding carboxylic acids is 4. The van der Waals surface area contributed by atoms with Gasteiger partial charge in [0.15, 0.2) is 15.7 Å². The van der Waals surface area contributed by atoms with E-state index in [9.17, 15) is 27.6 Å². The van der Waals surface area contributed by atoms with Gasteiger partial charge < -0.3 is 40.4 Å². The number of ether oxygens (including phenoxy) is 3. The number of nitrogens with zero attached hydrogens (tertiary/aromatic N) is 8. The molecule has 0 bridgehead atoms. The lowest BCUT2D eigenvalue weighted by atomic mass is 9.83. The molecule has 6 atom stereocenters. The van der Waals surface area contributed by atoms with Crippen molar-refractivity contribution in [3.63, 3.8) is 0 Å². The predicted molar refractivity (Wildman–Crippen MR) is 325 cm³/mol. The zero-order valence-electron chi connectivity index (χ0n) is 51.1. The van der Waals surface area contributed by atoms with E-state index in [1.54, 1.807) is 60.6 Å². The van der Waals surface area contributed by atoms with Crippen LogP contribution >= 0.6 is 0 Å². The molecule has 3 aromatic heterocycles. The summed E-state index contributed by atoms with van der Waals surface area (Å²) in [6, 6.07) is 12.5. The highest BCUT2D eigenvalue weighted by molar-refractivity contribution is 7.92. The minimum Gasteiger partial charge on any atom is -0.492 e. The number of hydrogen-bond acceptors (Lipinski definition) is 17. The lowest BCUT2D eigenvalue weighted by Gasteiger charge is -2.36. The van der Waals surface area contributed by atoms with Gasteiger partial charge in [0.25, 0.3) is 0 Å². The molecule has 2 aliphatic heterocycles. The summed E-state index contributed by atoms with van der Waals surface area (Å²) < 4.78 is 45.9. The number of benzene rings is 2. The van der Waals surface area contributed by atoms with Crippen molar-refractivity contribution in [2.45, 2.75) is 178 Å². The van der Waals surface area contributed by atoms with Crippen molar-refractivity contribution in [2.24, 2.45) is 11.7 Å². The van der Waals surface area contributed by atoms with Crippen LogP contribution in [0, 0.1) is 19.8 Å². The Hall–Kier alpha value is -6.95. The van der Waals surface area contributed by atoms with Crippen molar-refractivity contribution >= 4 is 62.0 Å². The standard InChI is InChI=1S/C62H87N13O9S/c1-38-39(2)70-71-55(38)69-56-47-33-51(85(80,81)62(7,8)9)50(34-48(47)65-37-66-56)82-30-16-25-73-26-28-74(29-27-73)52-24-22-44(35-64-52)58(83-46-23-21-41-17-14-15-20-43(41)31-46)67-45-32-49(54(63)76)75(36-45)59(78)53(42-18-12-11-13-19-42)68-57(77)40(3)72(10)60(79)84-61(4,5)6/h14-15,17,20,22,24,33-35,37,40,42,45-46,49,53,58,67H,11-13,16,18-19,21,23,25-32,36H2,1-10H3,(H2,63,76)(H,68,77)(H2,65,66,69,70,71)/t40-,45-,46?,49-,53-,58?/m0/s1. The second kappa shape index (κ2) is 26.3. The number of rotatable bonds is 20. The van der Waals surface area contributed by atoms with Crippen molar-refractivity contribution in [3.8, 4) is 5.75 Å². The number of likely N-dealkylation sites (N-methyl/N-ethyl adjacent to an activating group) is 1. The van der Waals surface area contributed by atoms with Gasteiger partial charge in [0.1, 0.15) is 58.6 Å². The third kappa shape index (κ3) is 14.8. The fourth-order valence-corrected chi connectivity index (χ4v) is 13.1. The smallest absolute Gasteiger partial charge is 0.410 e. The molecule has 85 heavy (non-hydrogen) atoms. The van der Waals surface area contributed by atoms with Crippen LogP contribution in [-0.4, -0.2) is 166 Å². The zero-order valence-corrected chi connectivity index (χ0v) is 51.9. The molecule has 22 nitrogen and oxygen atoms in total. The van der Waals surface area contributed by atoms with Gasteiger partial charge >= 0.3 is 6.09 Å². The Morgan fingerprint density at radius 2 is 1.64 bits per heavy atom. The van der Waals surface area contributed by atoms with Gasteiger partial charge in [0.2, 0.25) is 17.7 Å². The van der Waals surface area contributed by atoms with E-state index in [1.807, 2.05) is 38.2 Å². The molecule has 4 amide bonds. The van der Waals surface area contributed by atoms with Gasteiger partial charge in [-0.3, -0.25) is 34.6 Å². The van der Waals surface area contributed by atoms with E-state index >= 15 is 0 Å². The maximum Gasteiger partial charge on any atom is 0.410 e. The number of anilines is 3. The van der Waals surface area contributed by atoms with Crippen molar-refractivity contribution in [1.82, 2.24) is 50.5 Å². The highest BCUT2D eigenvalue weighted by Crippen LogP contribution is 2.38. The quantitative estimate of drug-likeness (QED) is 0.0380. The molecule has 0 spiro atoms. The number of sulfone groups is 1. The van der Waals surface area contributed by atoms with Crippen LogP contribution in [0.4, 0.5) is 22.2 Å². The number of H-pyrrole nitrogens is 1. The van der Waals surface area contributed by atoms with Crippen LogP contribution in [0.3, 0.4) is 0 Å². The molecule has 5 aromatic rings. The van der Waals surface area contributed by atoms with Crippen LogP contribution < -0.4 is 31.3 Å². The Morgan fingerprint density at radius 1 is 0.906 bits per heavy atom. The molecule has 6 N–H and O–H groups in total. The van der Waals surface area contributed by atoms with Crippen molar-refractivity contribution in [2.75, 3.05) is 63.1 Å². The molecule has 3 fully saturated rings. The average molecular weight is 1190 g/mol. The van der Waals surface area contributed by atoms with E-state index in [1.165, 1.54) is 34.3 Å². The van der Waals surface area contributed by atoms with Crippen molar-refractivity contribution in [3.05, 3.63) is 89.0 Å². The Labute approximate surface area is 500 Å². The summed E-state index contributed by atoms with van der Waals surface area (Å²) in [4.78, 5) is 76.6. The number of aryl methyl sites for hydroxylation is 2. The third-order valence-electron chi connectivity index (χ3n) is 17.2. The summed E-state index contributed by atoms with van der Waals surface area (Å²) in [5.41, 5.74) is 11.1. The predicted octanol–water partition coefficient (Wildman–Crippen LogP) is 7.21. The van der Waals surface area contributed by atoms with E-state index in [2.05, 4.69) is 64.1 Å². The Balaban J connectivity index is 0.849. The highest BCUT2D eigenvalue weighted by atomic mass is 32.2. The van der Waals surface area contributed by atoms with E-state index in [0.29, 0.717) is 35.6 Å². The van der Waals surface area contributed by atoms with E-state index in [-0.39, 0.29) is 41.5 Å². The van der Waals surface area contributed by atoms with Gasteiger partial charge in [-0.25, -0.2) is 28.2 Å². The SMILES string of the molecule is Cc1[nH]nc(Nc2ncnc3cc(OCCCN4CCN(c5ccc(C(N[C@H]6C[C@@H](C(N)=O)N(C(=O)[C@@H](NC(=O)[C@H](C)N(C)C(=O)OC(C)(C)C)C7CCCCC7)C6)OC6CCc7ccccc7C6)cn5)CC4)c(S(=O)(=O)C(C)(C)C)cc23)c1C. The largest absolute Gasteiger partial charge is 0.492 e. The maximum absolute atomic E-state index is 14.9. The minimum atomic E-state index is -3.85. The Bertz CT molecular complexity index is 3300. The molecule has 4 aliphatic rings. The number of pyridine rings is 1. The van der Waals surface area contributed by atoms with Gasteiger partial charge in [0, 0.05) is 86.8 Å². The highest BCUT2D eigenvalue weighted by Gasteiger charge is 2.45. The topological polar surface area (TPSA) is 273 Å². The maximum atomic E-state index is 14.9. The lowest BCUT2D eigenvalue weighted by molar-refractivity contribution is -0.143. The third-order valence-corrected chi connectivity index (χ3v) is 19.7. The van der Waals surface area contributed by atoms with Crippen LogP contribution in [0.2, 0.25) is 0 Å². The molecular weight excluding hydrogens is 1100 g/mol. The van der Waals surface area contributed by atoms with Crippen molar-refractivity contribution < 1.29 is 41.8 Å². The fraction of sp³-hybridized carbons (Fsp3) is 0.581. The summed E-state index contributed by atoms with van der Waals surface area (Å²) in [7, 11) is -2.35. The van der Waals surface area contributed by atoms with E-state index < -0.39 is 68.5 Å². The molecule has 23 heteroatoms. The first-order chi connectivity index (χ1) is 40.3. The van der Waals surface area contributed by atoms with Crippen LogP contribution in [0.15, 0.2) is 66.0 Å². The molecule has 460 valence electrons. The number of piperazine rings is 1.